The van der Waals surface area contributed by atoms with E-state index in [1.165, 1.54) is 0 Å². The summed E-state index contributed by atoms with van der Waals surface area (Å²) in [7, 11) is 9.47. The molecule has 0 aromatic heterocycles. The molecule has 0 heterocycles. The summed E-state index contributed by atoms with van der Waals surface area (Å²) < 4.78 is 28.4. The predicted molar refractivity (Wildman–Crippen MR) is 108 cm³/mol. The summed E-state index contributed by atoms with van der Waals surface area (Å²) >= 11 is 0. The molecule has 0 aromatic rings. The Morgan fingerprint density at radius 2 is 1.04 bits per heavy atom. The largest absolute Gasteiger partial charge is 0.367 e. The zero-order valence-electron chi connectivity index (χ0n) is 17.6. The topological polar surface area (TPSA) is 49.4 Å². The van der Waals surface area contributed by atoms with Crippen molar-refractivity contribution in [1.29, 1.82) is 0 Å². The lowest BCUT2D eigenvalue weighted by Gasteiger charge is -2.44. The van der Waals surface area contributed by atoms with E-state index in [0.717, 1.165) is 12.8 Å². The van der Waals surface area contributed by atoms with Crippen LogP contribution in [-0.4, -0.2) is 69.3 Å². The fourth-order valence-corrected chi connectivity index (χ4v) is 6.52. The zero-order chi connectivity index (χ0) is 19.7. The maximum absolute atomic E-state index is 5.69. The second-order valence-corrected chi connectivity index (χ2v) is 9.72. The van der Waals surface area contributed by atoms with Crippen LogP contribution in [0.5, 0.6) is 0 Å². The molecule has 0 amide bonds. The van der Waals surface area contributed by atoms with E-state index in [2.05, 4.69) is 39.5 Å². The van der Waals surface area contributed by atoms with Crippen LogP contribution in [0.2, 0.25) is 0 Å². The van der Waals surface area contributed by atoms with E-state index in [1.54, 1.807) is 35.5 Å². The summed E-state index contributed by atoms with van der Waals surface area (Å²) in [4.78, 5) is 2.36. The van der Waals surface area contributed by atoms with E-state index in [9.17, 15) is 0 Å². The molecule has 0 fully saturated rings. The molecule has 0 rings (SSSR count). The molecule has 0 N–H and O–H groups in total. The van der Waals surface area contributed by atoms with Crippen LogP contribution in [0.15, 0.2) is 0 Å². The van der Waals surface area contributed by atoms with Crippen molar-refractivity contribution >= 4 is 17.2 Å². The monoisotopic (exact) mass is 399 g/mol. The molecule has 0 aliphatic rings. The second-order valence-electron chi connectivity index (χ2n) is 5.95. The van der Waals surface area contributed by atoms with Crippen molar-refractivity contribution in [2.45, 2.75) is 76.3 Å². The Balaban J connectivity index is 5.41. The smallest absolute Gasteiger partial charge is 0.184 e. The molecule has 0 saturated heterocycles. The van der Waals surface area contributed by atoms with E-state index < -0.39 is 11.1 Å². The first-order chi connectivity index (χ1) is 11.7. The van der Waals surface area contributed by atoms with Gasteiger partial charge in [0.2, 0.25) is 0 Å². The van der Waals surface area contributed by atoms with Gasteiger partial charge in [-0.3, -0.25) is 4.90 Å². The second kappa shape index (κ2) is 12.2. The van der Waals surface area contributed by atoms with Gasteiger partial charge in [0.15, 0.2) is 11.1 Å². The van der Waals surface area contributed by atoms with Gasteiger partial charge in [0.05, 0.1) is 0 Å². The number of methoxy groups -OCH3 is 5. The average molecular weight is 399 g/mol. The number of hydrogen-bond acceptors (Lipinski definition) is 6. The van der Waals surface area contributed by atoms with E-state index >= 15 is 0 Å². The third-order valence-electron chi connectivity index (χ3n) is 4.76. The highest BCUT2D eigenvalue weighted by molar-refractivity contribution is 7.41. The molecule has 8 heteroatoms. The summed E-state index contributed by atoms with van der Waals surface area (Å²) in [5.74, 6) is 0.445. The van der Waals surface area contributed by atoms with Crippen molar-refractivity contribution in [1.82, 2.24) is 4.90 Å². The molecule has 0 aromatic carbocycles. The van der Waals surface area contributed by atoms with E-state index in [0.29, 0.717) is 17.2 Å². The van der Waals surface area contributed by atoms with Crippen molar-refractivity contribution in [3.05, 3.63) is 0 Å². The van der Waals surface area contributed by atoms with E-state index in [4.69, 9.17) is 23.7 Å². The van der Waals surface area contributed by atoms with Gasteiger partial charge in [-0.25, -0.2) is 0 Å². The van der Waals surface area contributed by atoms with Crippen molar-refractivity contribution < 1.29 is 23.7 Å². The van der Waals surface area contributed by atoms with Crippen LogP contribution in [0.3, 0.4) is 0 Å². The first-order valence-corrected chi connectivity index (χ1v) is 11.0. The van der Waals surface area contributed by atoms with Crippen molar-refractivity contribution in [3.8, 4) is 0 Å². The van der Waals surface area contributed by atoms with Gasteiger partial charge >= 0.3 is 0 Å². The van der Waals surface area contributed by atoms with Crippen LogP contribution >= 0.6 is 17.2 Å². The standard InChI is InChI=1S/C17H39NO5P2/c1-11-16(20-7,21-8)24-14(4)18(13(3)19-6)15(5)25-17(12-2,22-9)23-10/h13-15,24-25H,11-12H2,1-10H3. The summed E-state index contributed by atoms with van der Waals surface area (Å²) in [6.07, 6.45) is 1.56. The Kier molecular flexibility index (Phi) is 12.5. The molecular weight excluding hydrogens is 360 g/mol. The fourth-order valence-electron chi connectivity index (χ4n) is 3.06. The van der Waals surface area contributed by atoms with Crippen LogP contribution in [0.4, 0.5) is 0 Å². The van der Waals surface area contributed by atoms with Gasteiger partial charge in [-0.2, -0.15) is 0 Å². The average Bonchev–Trinajstić information content (AvgIpc) is 2.64. The minimum absolute atomic E-state index is 0.0310. The van der Waals surface area contributed by atoms with Gasteiger partial charge in [-0.05, 0) is 37.9 Å². The fraction of sp³-hybridized carbons (Fsp3) is 1.00. The predicted octanol–water partition coefficient (Wildman–Crippen LogP) is 4.04. The Hall–Kier alpha value is 0.620. The molecule has 5 atom stereocenters. The highest BCUT2D eigenvalue weighted by atomic mass is 31.1. The van der Waals surface area contributed by atoms with Gasteiger partial charge in [0, 0.05) is 60.0 Å². The lowest BCUT2D eigenvalue weighted by Crippen LogP contribution is -2.47. The normalized spacial score (nSPS) is 17.9. The minimum Gasteiger partial charge on any atom is -0.367 e. The van der Waals surface area contributed by atoms with Gasteiger partial charge in [-0.15, -0.1) is 0 Å². The maximum atomic E-state index is 5.69. The quantitative estimate of drug-likeness (QED) is 0.325. The molecular formula is C17H39NO5P2. The Labute approximate surface area is 158 Å². The number of hydrogen-bond donors (Lipinski definition) is 0. The van der Waals surface area contributed by atoms with Crippen LogP contribution in [0.25, 0.3) is 0 Å². The first-order valence-electron chi connectivity index (χ1n) is 8.80. The number of nitrogens with zero attached hydrogens (tertiary/aromatic N) is 1. The van der Waals surface area contributed by atoms with E-state index in [1.807, 2.05) is 0 Å². The SMILES string of the molecule is CCC(OC)(OC)PC(C)N(C(C)OC)C(C)PC(CC)(OC)OC. The molecule has 25 heavy (non-hydrogen) atoms. The Bertz CT molecular complexity index is 309. The summed E-state index contributed by atoms with van der Waals surface area (Å²) in [6.45, 7) is 10.6. The Morgan fingerprint density at radius 1 is 0.720 bits per heavy atom. The molecule has 6 nitrogen and oxygen atoms in total. The molecule has 0 aliphatic heterocycles. The zero-order valence-corrected chi connectivity index (χ0v) is 19.6. The molecule has 5 unspecified atom stereocenters. The molecule has 0 radical (unpaired) electrons. The molecule has 0 bridgehead atoms. The third-order valence-corrected chi connectivity index (χ3v) is 8.60. The van der Waals surface area contributed by atoms with Crippen LogP contribution in [0.1, 0.15) is 47.5 Å². The van der Waals surface area contributed by atoms with Gasteiger partial charge in [0.25, 0.3) is 0 Å². The third kappa shape index (κ3) is 6.93. The van der Waals surface area contributed by atoms with Crippen molar-refractivity contribution in [2.75, 3.05) is 35.5 Å². The summed E-state index contributed by atoms with van der Waals surface area (Å²) in [6, 6.07) is 0. The molecule has 0 aliphatic carbocycles. The summed E-state index contributed by atoms with van der Waals surface area (Å²) in [5, 5.41) is 0. The van der Waals surface area contributed by atoms with Gasteiger partial charge in [0.1, 0.15) is 6.23 Å². The summed E-state index contributed by atoms with van der Waals surface area (Å²) in [5.41, 5.74) is -1.11. The number of rotatable bonds is 14. The molecule has 0 saturated carbocycles. The highest BCUT2D eigenvalue weighted by Crippen LogP contribution is 2.47. The molecule has 152 valence electrons. The molecule has 0 spiro atoms. The highest BCUT2D eigenvalue weighted by Gasteiger charge is 2.38. The lowest BCUT2D eigenvalue weighted by atomic mass is 10.4. The minimum atomic E-state index is -0.557. The van der Waals surface area contributed by atoms with Crippen molar-refractivity contribution in [3.63, 3.8) is 0 Å². The van der Waals surface area contributed by atoms with Crippen LogP contribution in [0, 0.1) is 0 Å². The van der Waals surface area contributed by atoms with Crippen LogP contribution < -0.4 is 0 Å². The maximum Gasteiger partial charge on any atom is 0.184 e. The van der Waals surface area contributed by atoms with Crippen LogP contribution in [-0.2, 0) is 23.7 Å². The van der Waals surface area contributed by atoms with Gasteiger partial charge < -0.3 is 23.7 Å². The lowest BCUT2D eigenvalue weighted by molar-refractivity contribution is -0.142. The van der Waals surface area contributed by atoms with Crippen molar-refractivity contribution in [2.24, 2.45) is 0 Å². The van der Waals surface area contributed by atoms with Gasteiger partial charge in [-0.1, -0.05) is 13.8 Å². The Morgan fingerprint density at radius 3 is 1.24 bits per heavy atom. The first kappa shape index (κ1) is 25.6. The van der Waals surface area contributed by atoms with E-state index in [-0.39, 0.29) is 17.8 Å². The number of ether oxygens (including phenoxy) is 5.